The van der Waals surface area contributed by atoms with Gasteiger partial charge in [-0.15, -0.1) is 0 Å². The van der Waals surface area contributed by atoms with Crippen LogP contribution in [-0.4, -0.2) is 37.7 Å². The van der Waals surface area contributed by atoms with Crippen LogP contribution < -0.4 is 24.8 Å². The van der Waals surface area contributed by atoms with Crippen molar-refractivity contribution in [2.45, 2.75) is 0 Å². The number of hydrogen-bond donors (Lipinski definition) is 2. The standard InChI is InChI=1S/C24H20N2O7/c27-22(26-17-8-11-20-21(12-17)32-15-31-20)14-30-23(28)13-25-24(29)16-6-9-19(10-7-16)33-18-4-2-1-3-5-18/h1-12H,13-15H2,(H,25,29)(H,26,27). The largest absolute Gasteiger partial charge is 0.457 e. The van der Waals surface area contributed by atoms with Crippen LogP contribution in [0.1, 0.15) is 10.4 Å². The summed E-state index contributed by atoms with van der Waals surface area (Å²) in [4.78, 5) is 36.1. The van der Waals surface area contributed by atoms with Crippen LogP contribution in [0, 0.1) is 0 Å². The van der Waals surface area contributed by atoms with Gasteiger partial charge in [0.1, 0.15) is 18.0 Å². The lowest BCUT2D eigenvalue weighted by atomic mass is 10.2. The molecule has 33 heavy (non-hydrogen) atoms. The molecule has 168 valence electrons. The minimum atomic E-state index is -0.742. The summed E-state index contributed by atoms with van der Waals surface area (Å²) in [6.45, 7) is -0.741. The van der Waals surface area contributed by atoms with Crippen molar-refractivity contribution >= 4 is 23.5 Å². The number of carbonyl (C=O) groups is 3. The first-order chi connectivity index (χ1) is 16.1. The van der Waals surface area contributed by atoms with Crippen LogP contribution in [-0.2, 0) is 14.3 Å². The van der Waals surface area contributed by atoms with E-state index in [-0.39, 0.29) is 13.3 Å². The quantitative estimate of drug-likeness (QED) is 0.509. The highest BCUT2D eigenvalue weighted by atomic mass is 16.7. The Balaban J connectivity index is 1.18. The first kappa shape index (κ1) is 21.7. The second-order valence-electron chi connectivity index (χ2n) is 6.90. The SMILES string of the molecule is O=C(COC(=O)CNC(=O)c1ccc(Oc2ccccc2)cc1)Nc1ccc2c(c1)OCO2. The molecular formula is C24H20N2O7. The van der Waals surface area contributed by atoms with Crippen molar-refractivity contribution in [2.24, 2.45) is 0 Å². The van der Waals surface area contributed by atoms with E-state index >= 15 is 0 Å². The summed E-state index contributed by atoms with van der Waals surface area (Å²) in [6, 6.07) is 20.6. The third kappa shape index (κ3) is 6.01. The molecule has 0 spiro atoms. The molecule has 0 fully saturated rings. The molecule has 0 saturated carbocycles. The summed E-state index contributed by atoms with van der Waals surface area (Å²) in [6.07, 6.45) is 0. The van der Waals surface area contributed by atoms with E-state index in [4.69, 9.17) is 18.9 Å². The van der Waals surface area contributed by atoms with Crippen molar-refractivity contribution in [2.75, 3.05) is 25.3 Å². The summed E-state index contributed by atoms with van der Waals surface area (Å²) in [7, 11) is 0. The van der Waals surface area contributed by atoms with Crippen LogP contribution in [0.4, 0.5) is 5.69 Å². The number of anilines is 1. The normalized spacial score (nSPS) is 11.4. The van der Waals surface area contributed by atoms with Gasteiger partial charge in [-0.05, 0) is 48.5 Å². The average Bonchev–Trinajstić information content (AvgIpc) is 3.30. The van der Waals surface area contributed by atoms with Crippen LogP contribution in [0.5, 0.6) is 23.0 Å². The third-order valence-corrected chi connectivity index (χ3v) is 4.51. The highest BCUT2D eigenvalue weighted by molar-refractivity contribution is 5.96. The number of ether oxygens (including phenoxy) is 4. The highest BCUT2D eigenvalue weighted by Gasteiger charge is 2.15. The number of rotatable bonds is 8. The number of nitrogens with one attached hydrogen (secondary N) is 2. The molecule has 0 aliphatic carbocycles. The van der Waals surface area contributed by atoms with Gasteiger partial charge in [0, 0.05) is 17.3 Å². The molecule has 1 heterocycles. The van der Waals surface area contributed by atoms with Gasteiger partial charge in [-0.3, -0.25) is 14.4 Å². The van der Waals surface area contributed by atoms with Gasteiger partial charge in [-0.2, -0.15) is 0 Å². The maximum atomic E-state index is 12.2. The third-order valence-electron chi connectivity index (χ3n) is 4.51. The number of hydrogen-bond acceptors (Lipinski definition) is 7. The summed E-state index contributed by atoms with van der Waals surface area (Å²) >= 11 is 0. The Bertz CT molecular complexity index is 1150. The maximum Gasteiger partial charge on any atom is 0.325 e. The van der Waals surface area contributed by atoms with E-state index in [0.717, 1.165) is 0 Å². The van der Waals surface area contributed by atoms with E-state index in [1.807, 2.05) is 30.3 Å². The van der Waals surface area contributed by atoms with E-state index in [1.165, 1.54) is 0 Å². The number of benzene rings is 3. The van der Waals surface area contributed by atoms with Crippen LogP contribution in [0.2, 0.25) is 0 Å². The average molecular weight is 448 g/mol. The summed E-state index contributed by atoms with van der Waals surface area (Å²) in [5, 5.41) is 5.04. The fraction of sp³-hybridized carbons (Fsp3) is 0.125. The van der Waals surface area contributed by atoms with Crippen molar-refractivity contribution in [1.29, 1.82) is 0 Å². The Morgan fingerprint density at radius 1 is 0.848 bits per heavy atom. The number of fused-ring (bicyclic) bond motifs is 1. The van der Waals surface area contributed by atoms with Crippen molar-refractivity contribution in [1.82, 2.24) is 5.32 Å². The second-order valence-corrected chi connectivity index (χ2v) is 6.90. The second kappa shape index (κ2) is 10.2. The zero-order valence-corrected chi connectivity index (χ0v) is 17.4. The Labute approximate surface area is 189 Å². The molecule has 0 bridgehead atoms. The van der Waals surface area contributed by atoms with E-state index in [9.17, 15) is 14.4 Å². The lowest BCUT2D eigenvalue weighted by Crippen LogP contribution is -2.32. The van der Waals surface area contributed by atoms with Gasteiger partial charge in [0.05, 0.1) is 0 Å². The van der Waals surface area contributed by atoms with Gasteiger partial charge in [0.25, 0.3) is 11.8 Å². The van der Waals surface area contributed by atoms with Crippen LogP contribution >= 0.6 is 0 Å². The molecule has 1 aliphatic rings. The number of esters is 1. The van der Waals surface area contributed by atoms with Gasteiger partial charge in [-0.25, -0.2) is 0 Å². The number of amides is 2. The fourth-order valence-corrected chi connectivity index (χ4v) is 2.92. The Morgan fingerprint density at radius 2 is 1.58 bits per heavy atom. The van der Waals surface area contributed by atoms with Crippen LogP contribution in [0.15, 0.2) is 72.8 Å². The fourth-order valence-electron chi connectivity index (χ4n) is 2.92. The Kier molecular flexibility index (Phi) is 6.70. The first-order valence-corrected chi connectivity index (χ1v) is 10.0. The van der Waals surface area contributed by atoms with Gasteiger partial charge in [0.2, 0.25) is 6.79 Å². The monoisotopic (exact) mass is 448 g/mol. The molecule has 4 rings (SSSR count). The van der Waals surface area contributed by atoms with Gasteiger partial charge in [-0.1, -0.05) is 18.2 Å². The van der Waals surface area contributed by atoms with E-state index in [0.29, 0.717) is 34.2 Å². The minimum absolute atomic E-state index is 0.127. The summed E-state index contributed by atoms with van der Waals surface area (Å²) in [5.41, 5.74) is 0.831. The lowest BCUT2D eigenvalue weighted by molar-refractivity contribution is -0.146. The minimum Gasteiger partial charge on any atom is -0.457 e. The lowest BCUT2D eigenvalue weighted by Gasteiger charge is -2.09. The zero-order chi connectivity index (χ0) is 23.0. The predicted octanol–water partition coefficient (Wildman–Crippen LogP) is 3.12. The molecular weight excluding hydrogens is 428 g/mol. The molecule has 0 radical (unpaired) electrons. The maximum absolute atomic E-state index is 12.2. The molecule has 0 aromatic heterocycles. The van der Waals surface area contributed by atoms with E-state index in [2.05, 4.69) is 10.6 Å². The molecule has 9 heteroatoms. The van der Waals surface area contributed by atoms with Gasteiger partial charge >= 0.3 is 5.97 Å². The van der Waals surface area contributed by atoms with Crippen molar-refractivity contribution in [3.05, 3.63) is 78.4 Å². The topological polar surface area (TPSA) is 112 Å². The Morgan fingerprint density at radius 3 is 2.36 bits per heavy atom. The predicted molar refractivity (Wildman–Crippen MR) is 117 cm³/mol. The molecule has 3 aromatic rings. The highest BCUT2D eigenvalue weighted by Crippen LogP contribution is 2.34. The number of carbonyl (C=O) groups excluding carboxylic acids is 3. The van der Waals surface area contributed by atoms with Crippen molar-refractivity contribution in [3.63, 3.8) is 0 Å². The van der Waals surface area contributed by atoms with E-state index < -0.39 is 24.4 Å². The summed E-state index contributed by atoms with van der Waals surface area (Å²) in [5.74, 6) is 0.644. The molecule has 2 N–H and O–H groups in total. The van der Waals surface area contributed by atoms with Gasteiger partial charge < -0.3 is 29.6 Å². The summed E-state index contributed by atoms with van der Waals surface area (Å²) < 4.78 is 21.0. The molecule has 9 nitrogen and oxygen atoms in total. The van der Waals surface area contributed by atoms with Crippen molar-refractivity contribution < 1.29 is 33.3 Å². The molecule has 2 amide bonds. The van der Waals surface area contributed by atoms with Gasteiger partial charge in [0.15, 0.2) is 18.1 Å². The van der Waals surface area contributed by atoms with Crippen LogP contribution in [0.25, 0.3) is 0 Å². The molecule has 1 aliphatic heterocycles. The first-order valence-electron chi connectivity index (χ1n) is 10.0. The molecule has 0 saturated heterocycles. The van der Waals surface area contributed by atoms with Crippen LogP contribution in [0.3, 0.4) is 0 Å². The number of para-hydroxylation sites is 1. The zero-order valence-electron chi connectivity index (χ0n) is 17.4. The molecule has 3 aromatic carbocycles. The Hall–Kier alpha value is -4.53. The molecule has 0 unspecified atom stereocenters. The van der Waals surface area contributed by atoms with Crippen molar-refractivity contribution in [3.8, 4) is 23.0 Å². The molecule has 0 atom stereocenters. The smallest absolute Gasteiger partial charge is 0.325 e. The van der Waals surface area contributed by atoms with E-state index in [1.54, 1.807) is 42.5 Å².